The molecule has 6 heteroatoms. The van der Waals surface area contributed by atoms with Crippen LogP contribution in [0.15, 0.2) is 24.3 Å². The van der Waals surface area contributed by atoms with Crippen LogP contribution in [0.25, 0.3) is 0 Å². The zero-order valence-corrected chi connectivity index (χ0v) is 15.7. The first-order valence-corrected chi connectivity index (χ1v) is 9.51. The largest absolute Gasteiger partial charge is 0.497 e. The quantitative estimate of drug-likeness (QED) is 0.843. The van der Waals surface area contributed by atoms with Gasteiger partial charge in [-0.1, -0.05) is 6.92 Å². The molecule has 142 valence electrons. The van der Waals surface area contributed by atoms with E-state index in [4.69, 9.17) is 4.74 Å². The van der Waals surface area contributed by atoms with Gasteiger partial charge in [-0.3, -0.25) is 9.59 Å². The van der Waals surface area contributed by atoms with E-state index in [2.05, 4.69) is 17.1 Å². The van der Waals surface area contributed by atoms with Crippen molar-refractivity contribution >= 4 is 17.5 Å². The summed E-state index contributed by atoms with van der Waals surface area (Å²) in [7, 11) is 1.61. The van der Waals surface area contributed by atoms with Crippen molar-refractivity contribution in [3.63, 3.8) is 0 Å². The van der Waals surface area contributed by atoms with Crippen molar-refractivity contribution < 1.29 is 14.3 Å². The summed E-state index contributed by atoms with van der Waals surface area (Å²) in [4.78, 5) is 28.8. The summed E-state index contributed by atoms with van der Waals surface area (Å²) in [6.07, 6.45) is 2.75. The highest BCUT2D eigenvalue weighted by molar-refractivity contribution is 6.00. The third-order valence-corrected chi connectivity index (χ3v) is 5.48. The first-order valence-electron chi connectivity index (χ1n) is 9.51. The average molecular weight is 359 g/mol. The molecule has 26 heavy (non-hydrogen) atoms. The van der Waals surface area contributed by atoms with Crippen LogP contribution in [0, 0.1) is 11.8 Å². The number of rotatable bonds is 6. The maximum atomic E-state index is 12.4. The molecule has 2 saturated heterocycles. The summed E-state index contributed by atoms with van der Waals surface area (Å²) in [5.74, 6) is 1.28. The molecule has 0 bridgehead atoms. The molecule has 2 heterocycles. The van der Waals surface area contributed by atoms with Gasteiger partial charge >= 0.3 is 0 Å². The first kappa shape index (κ1) is 18.7. The lowest BCUT2D eigenvalue weighted by Crippen LogP contribution is -2.41. The predicted molar refractivity (Wildman–Crippen MR) is 101 cm³/mol. The van der Waals surface area contributed by atoms with Crippen molar-refractivity contribution in [3.8, 4) is 5.75 Å². The Bertz CT molecular complexity index is 624. The molecule has 0 spiro atoms. The minimum Gasteiger partial charge on any atom is -0.497 e. The van der Waals surface area contributed by atoms with Crippen molar-refractivity contribution in [2.45, 2.75) is 26.2 Å². The van der Waals surface area contributed by atoms with E-state index in [0.29, 0.717) is 13.1 Å². The Balaban J connectivity index is 1.46. The highest BCUT2D eigenvalue weighted by Crippen LogP contribution is 2.26. The smallest absolute Gasteiger partial charge is 0.227 e. The van der Waals surface area contributed by atoms with Crippen LogP contribution in [-0.4, -0.2) is 56.5 Å². The molecule has 1 aromatic carbocycles. The zero-order valence-electron chi connectivity index (χ0n) is 15.7. The lowest BCUT2D eigenvalue weighted by Gasteiger charge is -2.30. The molecule has 0 radical (unpaired) electrons. The second kappa shape index (κ2) is 8.54. The van der Waals surface area contributed by atoms with Gasteiger partial charge in [0, 0.05) is 31.7 Å². The maximum absolute atomic E-state index is 12.4. The van der Waals surface area contributed by atoms with E-state index in [1.165, 1.54) is 12.8 Å². The van der Waals surface area contributed by atoms with Crippen molar-refractivity contribution in [1.82, 2.24) is 10.2 Å². The minimum atomic E-state index is -0.272. The number of piperidine rings is 1. The van der Waals surface area contributed by atoms with Gasteiger partial charge in [-0.05, 0) is 56.1 Å². The summed E-state index contributed by atoms with van der Waals surface area (Å²) in [6, 6.07) is 7.37. The number of carbonyl (C=O) groups excluding carboxylic acids is 2. The number of nitrogens with zero attached hydrogens (tertiary/aromatic N) is 2. The van der Waals surface area contributed by atoms with Crippen LogP contribution in [-0.2, 0) is 9.59 Å². The number of nitrogens with one attached hydrogen (secondary N) is 1. The van der Waals surface area contributed by atoms with Crippen LogP contribution < -0.4 is 15.0 Å². The Morgan fingerprint density at radius 2 is 1.92 bits per heavy atom. The molecular weight excluding hydrogens is 330 g/mol. The third-order valence-electron chi connectivity index (χ3n) is 5.48. The molecule has 2 amide bonds. The summed E-state index contributed by atoms with van der Waals surface area (Å²) in [5, 5.41) is 3.01. The van der Waals surface area contributed by atoms with Gasteiger partial charge in [-0.25, -0.2) is 0 Å². The van der Waals surface area contributed by atoms with E-state index in [0.717, 1.165) is 37.0 Å². The second-order valence-electron chi connectivity index (χ2n) is 7.42. The van der Waals surface area contributed by atoms with Gasteiger partial charge in [-0.2, -0.15) is 0 Å². The van der Waals surface area contributed by atoms with E-state index in [1.807, 2.05) is 24.3 Å². The van der Waals surface area contributed by atoms with Gasteiger partial charge in [0.15, 0.2) is 0 Å². The Kier molecular flexibility index (Phi) is 6.14. The van der Waals surface area contributed by atoms with Crippen LogP contribution >= 0.6 is 0 Å². The topological polar surface area (TPSA) is 61.9 Å². The number of benzene rings is 1. The van der Waals surface area contributed by atoms with Crippen molar-refractivity contribution in [2.75, 3.05) is 44.7 Å². The van der Waals surface area contributed by atoms with Crippen molar-refractivity contribution in [1.29, 1.82) is 0 Å². The highest BCUT2D eigenvalue weighted by atomic mass is 16.5. The maximum Gasteiger partial charge on any atom is 0.227 e. The van der Waals surface area contributed by atoms with Gasteiger partial charge in [0.2, 0.25) is 11.8 Å². The van der Waals surface area contributed by atoms with Crippen molar-refractivity contribution in [3.05, 3.63) is 24.3 Å². The number of anilines is 1. The summed E-state index contributed by atoms with van der Waals surface area (Å²) in [6.45, 7) is 6.51. The Morgan fingerprint density at radius 3 is 2.58 bits per heavy atom. The average Bonchev–Trinajstić information content (AvgIpc) is 3.05. The molecule has 1 N–H and O–H groups in total. The predicted octanol–water partition coefficient (Wildman–Crippen LogP) is 1.90. The van der Waals surface area contributed by atoms with Crippen molar-refractivity contribution in [2.24, 2.45) is 11.8 Å². The fourth-order valence-corrected chi connectivity index (χ4v) is 3.66. The van der Waals surface area contributed by atoms with Crippen LogP contribution in [0.1, 0.15) is 26.2 Å². The molecule has 0 aliphatic carbocycles. The molecule has 0 saturated carbocycles. The van der Waals surface area contributed by atoms with Crippen LogP contribution in [0.4, 0.5) is 5.69 Å². The van der Waals surface area contributed by atoms with E-state index >= 15 is 0 Å². The van der Waals surface area contributed by atoms with E-state index in [-0.39, 0.29) is 24.2 Å². The lowest BCUT2D eigenvalue weighted by atomic mass is 9.99. The fourth-order valence-electron chi connectivity index (χ4n) is 3.66. The summed E-state index contributed by atoms with van der Waals surface area (Å²) in [5.41, 5.74) is 0.813. The number of methoxy groups -OCH3 is 1. The molecule has 6 nitrogen and oxygen atoms in total. The normalized spacial score (nSPS) is 21.8. The van der Waals surface area contributed by atoms with Gasteiger partial charge < -0.3 is 19.9 Å². The molecule has 0 aromatic heterocycles. The zero-order chi connectivity index (χ0) is 18.5. The molecule has 2 fully saturated rings. The monoisotopic (exact) mass is 359 g/mol. The van der Waals surface area contributed by atoms with Crippen LogP contribution in [0.5, 0.6) is 5.75 Å². The summed E-state index contributed by atoms with van der Waals surface area (Å²) >= 11 is 0. The number of carbonyl (C=O) groups is 2. The molecule has 2 aliphatic rings. The van der Waals surface area contributed by atoms with Gasteiger partial charge in [-0.15, -0.1) is 0 Å². The number of ether oxygens (including phenoxy) is 1. The number of hydrogen-bond acceptors (Lipinski definition) is 4. The second-order valence-corrected chi connectivity index (χ2v) is 7.42. The standard InChI is InChI=1S/C20H29N3O3/c1-15-7-10-22(11-8-15)12-9-21-20(25)16-13-19(24)23(14-16)17-3-5-18(26-2)6-4-17/h3-6,15-16H,7-14H2,1-2H3,(H,21,25). The highest BCUT2D eigenvalue weighted by Gasteiger charge is 2.35. The molecule has 1 aromatic rings. The Labute approximate surface area is 155 Å². The Hall–Kier alpha value is -2.08. The molecule has 2 aliphatic heterocycles. The minimum absolute atomic E-state index is 0.000310. The van der Waals surface area contributed by atoms with E-state index < -0.39 is 0 Å². The lowest BCUT2D eigenvalue weighted by molar-refractivity contribution is -0.126. The van der Waals surface area contributed by atoms with Gasteiger partial charge in [0.1, 0.15) is 5.75 Å². The van der Waals surface area contributed by atoms with E-state index in [1.54, 1.807) is 12.0 Å². The fraction of sp³-hybridized carbons (Fsp3) is 0.600. The van der Waals surface area contributed by atoms with Gasteiger partial charge in [0.25, 0.3) is 0 Å². The van der Waals surface area contributed by atoms with E-state index in [9.17, 15) is 9.59 Å². The number of hydrogen-bond donors (Lipinski definition) is 1. The molecule has 1 atom stereocenters. The molecule has 3 rings (SSSR count). The molecule has 1 unspecified atom stereocenters. The Morgan fingerprint density at radius 1 is 1.23 bits per heavy atom. The number of likely N-dealkylation sites (tertiary alicyclic amines) is 1. The SMILES string of the molecule is COc1ccc(N2CC(C(=O)NCCN3CCC(C)CC3)CC2=O)cc1. The van der Waals surface area contributed by atoms with Gasteiger partial charge in [0.05, 0.1) is 13.0 Å². The number of amides is 2. The van der Waals surface area contributed by atoms with Crippen LogP contribution in [0.2, 0.25) is 0 Å². The third kappa shape index (κ3) is 4.55. The summed E-state index contributed by atoms with van der Waals surface area (Å²) < 4.78 is 5.15. The molecular formula is C20H29N3O3. The first-order chi connectivity index (χ1) is 12.6. The van der Waals surface area contributed by atoms with Crippen LogP contribution in [0.3, 0.4) is 0 Å².